The molecule has 79 heavy (non-hydrogen) atoms. The van der Waals surface area contributed by atoms with Gasteiger partial charge in [-0.3, -0.25) is 29.0 Å². The number of nitrogens with one attached hydrogen (secondary N) is 4. The van der Waals surface area contributed by atoms with Crippen molar-refractivity contribution in [3.05, 3.63) is 77.4 Å². The number of hydrogen-bond donors (Lipinski definition) is 9. The predicted octanol–water partition coefficient (Wildman–Crippen LogP) is 5.80. The number of hydrogen-bond acceptors (Lipinski definition) is 14. The predicted molar refractivity (Wildman–Crippen MR) is 300 cm³/mol. The number of Topliss-reactive ketones (excluding diaryl/α,β-unsaturated/α-hetero) is 1. The average Bonchev–Trinajstić information content (AvgIpc) is 3.58. The van der Waals surface area contributed by atoms with Crippen LogP contribution in [0.5, 0.6) is 5.75 Å². The number of carbonyl (C=O) groups excluding carboxylic acids is 6. The molecule has 2 bridgehead atoms. The molecule has 0 aromatic heterocycles. The number of benzene rings is 1. The number of aliphatic hydroxyl groups excluding tert-OH is 4. The minimum atomic E-state index is -1.44. The summed E-state index contributed by atoms with van der Waals surface area (Å²) >= 11 is 0. The van der Waals surface area contributed by atoms with E-state index in [0.717, 1.165) is 6.42 Å². The summed E-state index contributed by atoms with van der Waals surface area (Å²) in [5.41, 5.74) is 3.90. The lowest BCUT2D eigenvalue weighted by Crippen LogP contribution is -2.71. The number of hydrazine groups is 1. The zero-order chi connectivity index (χ0) is 58.5. The summed E-state index contributed by atoms with van der Waals surface area (Å²) in [6.07, 6.45) is 9.22. The molecule has 1 aromatic rings. The number of amides is 4. The maximum atomic E-state index is 14.6. The highest BCUT2D eigenvalue weighted by Gasteiger charge is 2.57. The van der Waals surface area contributed by atoms with Gasteiger partial charge >= 0.3 is 5.97 Å². The average molecular weight is 1100 g/mol. The minimum absolute atomic E-state index is 0.0262. The van der Waals surface area contributed by atoms with Gasteiger partial charge in [0.2, 0.25) is 17.7 Å². The zero-order valence-corrected chi connectivity index (χ0v) is 48.5. The first-order chi connectivity index (χ1) is 37.3. The molecule has 440 valence electrons. The van der Waals surface area contributed by atoms with Gasteiger partial charge in [0.05, 0.1) is 36.4 Å². The third-order valence-corrected chi connectivity index (χ3v) is 17.1. The molecule has 1 spiro atoms. The molecule has 1 aromatic carbocycles. The Kier molecular flexibility index (Phi) is 24.1. The van der Waals surface area contributed by atoms with Crippen LogP contribution < -0.4 is 21.4 Å². The molecular formula is C61H93N5O13. The number of ketones is 1. The molecule has 4 aliphatic heterocycles. The van der Waals surface area contributed by atoms with Gasteiger partial charge in [-0.15, -0.1) is 0 Å². The summed E-state index contributed by atoms with van der Waals surface area (Å²) in [4.78, 5) is 82.4. The van der Waals surface area contributed by atoms with E-state index in [9.17, 15) is 54.3 Å². The Morgan fingerprint density at radius 2 is 1.68 bits per heavy atom. The van der Waals surface area contributed by atoms with Crippen molar-refractivity contribution in [2.75, 3.05) is 6.54 Å². The van der Waals surface area contributed by atoms with Crippen LogP contribution in [0.1, 0.15) is 146 Å². The molecule has 0 radical (unpaired) electrons. The largest absolute Gasteiger partial charge is 0.508 e. The van der Waals surface area contributed by atoms with Gasteiger partial charge in [0.1, 0.15) is 41.5 Å². The molecule has 0 aliphatic carbocycles. The van der Waals surface area contributed by atoms with Gasteiger partial charge < -0.3 is 55.8 Å². The van der Waals surface area contributed by atoms with Crippen molar-refractivity contribution in [1.29, 1.82) is 0 Å². The second-order valence-electron chi connectivity index (χ2n) is 23.7. The fraction of sp³-hybridized carbons (Fsp3) is 0.672. The molecule has 3 fully saturated rings. The lowest BCUT2D eigenvalue weighted by Gasteiger charge is -2.56. The van der Waals surface area contributed by atoms with Crippen LogP contribution in [0.4, 0.5) is 0 Å². The Morgan fingerprint density at radius 3 is 2.35 bits per heavy atom. The SMILES string of the molecule is CC[C@H]1C[C@H](C)C2(NC1=O)OC(C[C@H](O)[C@@H](C)CC/C=C/C=C(\C)C1C/C=C/C(C)=C/[C@H](O)[C@H](C)[C@@H](O)[C@@H](CCC(C)=O)C(=O)N[C@@H](C(C)C)C(=O)N[C@@H](Cc3cccc(O)c3)C(=O)N3CCCC(N3)C(=O)O1)[C@H](C)[C@H](O)[C@@H]2C. The number of fused-ring (bicyclic) bond motifs is 2. The fourth-order valence-electron chi connectivity index (χ4n) is 11.6. The van der Waals surface area contributed by atoms with E-state index in [4.69, 9.17) is 9.47 Å². The highest BCUT2D eigenvalue weighted by molar-refractivity contribution is 5.93. The fourth-order valence-corrected chi connectivity index (χ4v) is 11.6. The molecule has 4 amide bonds. The number of cyclic esters (lactones) is 1. The van der Waals surface area contributed by atoms with E-state index in [2.05, 4.69) is 28.3 Å². The number of allylic oxidation sites excluding steroid dienone is 5. The summed E-state index contributed by atoms with van der Waals surface area (Å²) < 4.78 is 13.0. The second-order valence-corrected chi connectivity index (χ2v) is 23.7. The van der Waals surface area contributed by atoms with Crippen LogP contribution in [0, 0.1) is 47.3 Å². The molecule has 3 saturated heterocycles. The van der Waals surface area contributed by atoms with E-state index in [1.165, 1.54) is 24.1 Å². The lowest BCUT2D eigenvalue weighted by molar-refractivity contribution is -0.267. The van der Waals surface area contributed by atoms with Crippen molar-refractivity contribution >= 4 is 35.4 Å². The van der Waals surface area contributed by atoms with Gasteiger partial charge in [-0.05, 0) is 101 Å². The lowest BCUT2D eigenvalue weighted by atomic mass is 9.69. The Labute approximate surface area is 468 Å². The van der Waals surface area contributed by atoms with E-state index in [1.54, 1.807) is 52.0 Å². The first kappa shape index (κ1) is 64.6. The number of esters is 1. The Morgan fingerprint density at radius 1 is 0.962 bits per heavy atom. The highest BCUT2D eigenvalue weighted by Crippen LogP contribution is 2.46. The van der Waals surface area contributed by atoms with Crippen molar-refractivity contribution in [1.82, 2.24) is 26.4 Å². The number of nitrogens with zero attached hydrogens (tertiary/aromatic N) is 1. The minimum Gasteiger partial charge on any atom is -0.508 e. The van der Waals surface area contributed by atoms with E-state index in [1.807, 2.05) is 58.9 Å². The Balaban J connectivity index is 1.37. The molecule has 17 atom stereocenters. The van der Waals surface area contributed by atoms with Crippen molar-refractivity contribution in [2.24, 2.45) is 47.3 Å². The van der Waals surface area contributed by atoms with Crippen LogP contribution in [0.3, 0.4) is 0 Å². The summed E-state index contributed by atoms with van der Waals surface area (Å²) in [6.45, 7) is 20.1. The molecule has 9 N–H and O–H groups in total. The van der Waals surface area contributed by atoms with Crippen LogP contribution in [-0.4, -0.2) is 133 Å². The zero-order valence-electron chi connectivity index (χ0n) is 48.5. The standard InChI is InChI=1S/C61H93N5O13/c1-12-44-30-38(7)61(64-56(44)73)42(11)54(71)41(10)52(79-61)33-49(69)36(5)20-14-13-15-21-37(6)51-25-16-19-35(4)29-50(70)40(9)55(72)46(27-26-39(8)67)57(74)63-53(34(2)3)58(75)62-48(32-43-22-17-23-45(68)31-43)59(76)66-28-18-24-47(65-66)60(77)78-51/h13,15-17,19,21-23,29,31,34,36,38,40-42,44,46-55,65,68-72H,12,14,18,20,24-28,30,32-33H2,1-11H3,(H,62,75)(H,63,74)(H,64,73)/b15-13+,19-16+,35-29+,37-21+/t36-,38-,40-,41-,42-,44-,46+,47?,48-,49-,50-,51?,52?,53-,54-,55+,61?/m0/s1. The van der Waals surface area contributed by atoms with Crippen molar-refractivity contribution in [2.45, 2.75) is 207 Å². The summed E-state index contributed by atoms with van der Waals surface area (Å²) in [5.74, 6) is -6.34. The summed E-state index contributed by atoms with van der Waals surface area (Å²) in [7, 11) is 0. The number of piperidine rings is 1. The van der Waals surface area contributed by atoms with Crippen LogP contribution >= 0.6 is 0 Å². The second kappa shape index (κ2) is 29.5. The highest BCUT2D eigenvalue weighted by atomic mass is 16.5. The van der Waals surface area contributed by atoms with Crippen molar-refractivity contribution in [3.63, 3.8) is 0 Å². The third kappa shape index (κ3) is 17.1. The quantitative estimate of drug-likeness (QED) is 0.0743. The van der Waals surface area contributed by atoms with Crippen LogP contribution in [0.2, 0.25) is 0 Å². The van der Waals surface area contributed by atoms with Crippen LogP contribution in [0.25, 0.3) is 0 Å². The molecule has 4 heterocycles. The van der Waals surface area contributed by atoms with Gasteiger partial charge in [0, 0.05) is 61.8 Å². The summed E-state index contributed by atoms with van der Waals surface area (Å²) in [5, 5.41) is 66.4. The number of phenols is 1. The van der Waals surface area contributed by atoms with Crippen LogP contribution in [-0.2, 0) is 44.7 Å². The van der Waals surface area contributed by atoms with Crippen molar-refractivity contribution < 1.29 is 63.8 Å². The Bertz CT molecular complexity index is 2390. The normalized spacial score (nSPS) is 35.0. The van der Waals surface area contributed by atoms with Gasteiger partial charge in [-0.25, -0.2) is 5.43 Å². The molecule has 4 aliphatic rings. The molecule has 4 unspecified atom stereocenters. The number of aromatic hydroxyl groups is 1. The molecule has 0 saturated carbocycles. The van der Waals surface area contributed by atoms with E-state index < -0.39 is 102 Å². The maximum Gasteiger partial charge on any atom is 0.325 e. The van der Waals surface area contributed by atoms with Crippen molar-refractivity contribution in [3.8, 4) is 5.75 Å². The smallest absolute Gasteiger partial charge is 0.325 e. The van der Waals surface area contributed by atoms with Gasteiger partial charge in [0.15, 0.2) is 0 Å². The monoisotopic (exact) mass is 1100 g/mol. The number of carbonyl (C=O) groups is 6. The molecule has 18 nitrogen and oxygen atoms in total. The number of ether oxygens (including phenoxy) is 2. The van der Waals surface area contributed by atoms with E-state index in [0.29, 0.717) is 55.2 Å². The van der Waals surface area contributed by atoms with Gasteiger partial charge in [0.25, 0.3) is 5.91 Å². The maximum absolute atomic E-state index is 14.6. The molecule has 18 heteroatoms. The topological polar surface area (TPSA) is 273 Å². The molecule has 5 rings (SSSR count). The van der Waals surface area contributed by atoms with Gasteiger partial charge in [-0.1, -0.05) is 110 Å². The number of rotatable bonds is 15. The van der Waals surface area contributed by atoms with Crippen LogP contribution in [0.15, 0.2) is 71.9 Å². The first-order valence-corrected chi connectivity index (χ1v) is 28.8. The first-order valence-electron chi connectivity index (χ1n) is 28.8. The van der Waals surface area contributed by atoms with Gasteiger partial charge in [-0.2, -0.15) is 0 Å². The summed E-state index contributed by atoms with van der Waals surface area (Å²) in [6, 6.07) is 2.90. The van der Waals surface area contributed by atoms with E-state index in [-0.39, 0.29) is 79.3 Å². The third-order valence-electron chi connectivity index (χ3n) is 17.1. The van der Waals surface area contributed by atoms with E-state index >= 15 is 0 Å². The number of phenolic OH excluding ortho intramolecular Hbond substituents is 1. The Hall–Kier alpha value is -5.24. The number of aliphatic hydroxyl groups is 4. The molecular weight excluding hydrogens is 1010 g/mol.